The lowest BCUT2D eigenvalue weighted by Gasteiger charge is -2.05. The first-order chi connectivity index (χ1) is 6.79. The Balaban J connectivity index is 2.90. The maximum absolute atomic E-state index is 11.3. The van der Waals surface area contributed by atoms with E-state index in [-0.39, 0.29) is 5.78 Å². The fraction of sp³-hybridized carbons (Fsp3) is 0.273. The number of nitrogens with one attached hydrogen (secondary N) is 1. The van der Waals surface area contributed by atoms with Gasteiger partial charge in [0.25, 0.3) is 0 Å². The Hall–Kier alpha value is -1.48. The predicted octanol–water partition coefficient (Wildman–Crippen LogP) is 1.71. The Kier molecular flexibility index (Phi) is 4.01. The number of carbonyl (C=O) groups excluding carboxylic acids is 1. The van der Waals surface area contributed by atoms with E-state index in [1.165, 1.54) is 0 Å². The summed E-state index contributed by atoms with van der Waals surface area (Å²) in [5.74, 6) is -0.253. The average Bonchev–Trinajstić information content (AvgIpc) is 2.25. The Bertz CT molecular complexity index is 334. The highest BCUT2D eigenvalue weighted by molar-refractivity contribution is 6.34. The van der Waals surface area contributed by atoms with E-state index in [2.05, 4.69) is 0 Å². The second-order valence-electron chi connectivity index (χ2n) is 2.91. The van der Waals surface area contributed by atoms with Crippen LogP contribution >= 0.6 is 0 Å². The molecule has 0 radical (unpaired) electrons. The Morgan fingerprint density at radius 3 is 2.86 bits per heavy atom. The van der Waals surface area contributed by atoms with Crippen LogP contribution in [0.1, 0.15) is 15.9 Å². The van der Waals surface area contributed by atoms with E-state index in [0.29, 0.717) is 18.6 Å². The maximum atomic E-state index is 11.3. The van der Waals surface area contributed by atoms with Crippen molar-refractivity contribution in [3.63, 3.8) is 0 Å². The lowest BCUT2D eigenvalue weighted by Crippen LogP contribution is -2.06. The maximum Gasteiger partial charge on any atom is 0.203 e. The van der Waals surface area contributed by atoms with E-state index < -0.39 is 0 Å². The van der Waals surface area contributed by atoms with Crippen LogP contribution in [0.25, 0.3) is 0 Å². The van der Waals surface area contributed by atoms with Gasteiger partial charge in [-0.25, -0.2) is 0 Å². The third kappa shape index (κ3) is 2.50. The molecule has 14 heavy (non-hydrogen) atoms. The topological polar surface area (TPSA) is 50.2 Å². The number of Topliss-reactive ketones (excluding diaryl/α,β-unsaturated/α-hetero) is 1. The van der Waals surface area contributed by atoms with Gasteiger partial charge in [0.05, 0.1) is 12.8 Å². The standard InChI is InChI=1S/C11H13NO2/c1-14-7-6-9-4-2-3-5-10(9)11(13)8-12/h2-5,8,12H,6-7H2,1H3. The average molecular weight is 191 g/mol. The molecule has 1 aromatic rings. The molecule has 0 atom stereocenters. The molecule has 0 heterocycles. The van der Waals surface area contributed by atoms with Gasteiger partial charge in [-0.3, -0.25) is 4.79 Å². The molecule has 1 rings (SSSR count). The SMILES string of the molecule is COCCc1ccccc1C(=O)C=N. The summed E-state index contributed by atoms with van der Waals surface area (Å²) in [6.07, 6.45) is 1.54. The van der Waals surface area contributed by atoms with E-state index in [4.69, 9.17) is 10.1 Å². The first-order valence-corrected chi connectivity index (χ1v) is 4.41. The molecule has 0 saturated heterocycles. The van der Waals surface area contributed by atoms with Crippen LogP contribution in [-0.4, -0.2) is 25.7 Å². The molecular formula is C11H13NO2. The summed E-state index contributed by atoms with van der Waals surface area (Å²) in [6.45, 7) is 0.586. The van der Waals surface area contributed by atoms with Crippen LogP contribution in [0.5, 0.6) is 0 Å². The van der Waals surface area contributed by atoms with E-state index in [1.807, 2.05) is 12.1 Å². The largest absolute Gasteiger partial charge is 0.384 e. The summed E-state index contributed by atoms with van der Waals surface area (Å²) in [5, 5.41) is 6.91. The lowest BCUT2D eigenvalue weighted by molar-refractivity contribution is 0.106. The van der Waals surface area contributed by atoms with E-state index in [1.54, 1.807) is 19.2 Å². The van der Waals surface area contributed by atoms with Crippen molar-refractivity contribution in [2.24, 2.45) is 0 Å². The number of hydrogen-bond acceptors (Lipinski definition) is 3. The first-order valence-electron chi connectivity index (χ1n) is 4.41. The summed E-state index contributed by atoms with van der Waals surface area (Å²) >= 11 is 0. The van der Waals surface area contributed by atoms with Gasteiger partial charge in [0.15, 0.2) is 0 Å². The second-order valence-corrected chi connectivity index (χ2v) is 2.91. The van der Waals surface area contributed by atoms with Crippen LogP contribution in [-0.2, 0) is 11.2 Å². The number of ketones is 1. The molecule has 0 spiro atoms. The minimum atomic E-state index is -0.253. The van der Waals surface area contributed by atoms with Gasteiger partial charge in [-0.05, 0) is 12.0 Å². The highest BCUT2D eigenvalue weighted by Gasteiger charge is 2.07. The number of carbonyl (C=O) groups is 1. The van der Waals surface area contributed by atoms with Gasteiger partial charge in [0, 0.05) is 12.7 Å². The zero-order valence-electron chi connectivity index (χ0n) is 8.12. The lowest BCUT2D eigenvalue weighted by atomic mass is 10.0. The molecule has 0 saturated carbocycles. The van der Waals surface area contributed by atoms with Crippen molar-refractivity contribution in [1.82, 2.24) is 0 Å². The fourth-order valence-corrected chi connectivity index (χ4v) is 1.27. The minimum Gasteiger partial charge on any atom is -0.384 e. The van der Waals surface area contributed by atoms with Crippen molar-refractivity contribution < 1.29 is 9.53 Å². The van der Waals surface area contributed by atoms with Crippen molar-refractivity contribution in [2.75, 3.05) is 13.7 Å². The summed E-state index contributed by atoms with van der Waals surface area (Å²) in [6, 6.07) is 7.30. The molecule has 0 fully saturated rings. The van der Waals surface area contributed by atoms with Crippen molar-refractivity contribution in [3.05, 3.63) is 35.4 Å². The third-order valence-corrected chi connectivity index (χ3v) is 1.99. The van der Waals surface area contributed by atoms with E-state index in [0.717, 1.165) is 11.8 Å². The molecular weight excluding hydrogens is 178 g/mol. The highest BCUT2D eigenvalue weighted by atomic mass is 16.5. The van der Waals surface area contributed by atoms with Crippen LogP contribution in [0, 0.1) is 5.41 Å². The number of hydrogen-bond donors (Lipinski definition) is 1. The van der Waals surface area contributed by atoms with Crippen LogP contribution < -0.4 is 0 Å². The zero-order chi connectivity index (χ0) is 10.4. The van der Waals surface area contributed by atoms with Crippen molar-refractivity contribution >= 4 is 12.0 Å². The second kappa shape index (κ2) is 5.29. The first kappa shape index (κ1) is 10.6. The molecule has 74 valence electrons. The van der Waals surface area contributed by atoms with Crippen molar-refractivity contribution in [1.29, 1.82) is 5.41 Å². The predicted molar refractivity (Wildman–Crippen MR) is 55.1 cm³/mol. The third-order valence-electron chi connectivity index (χ3n) is 1.99. The van der Waals surface area contributed by atoms with E-state index >= 15 is 0 Å². The molecule has 0 unspecified atom stereocenters. The number of benzene rings is 1. The summed E-state index contributed by atoms with van der Waals surface area (Å²) in [7, 11) is 1.63. The normalized spacial score (nSPS) is 9.79. The molecule has 0 aliphatic heterocycles. The fourth-order valence-electron chi connectivity index (χ4n) is 1.27. The van der Waals surface area contributed by atoms with Crippen LogP contribution in [0.2, 0.25) is 0 Å². The number of ether oxygens (including phenoxy) is 1. The molecule has 0 bridgehead atoms. The monoisotopic (exact) mass is 191 g/mol. The van der Waals surface area contributed by atoms with Crippen LogP contribution in [0.4, 0.5) is 0 Å². The number of rotatable bonds is 5. The molecule has 1 N–H and O–H groups in total. The highest BCUT2D eigenvalue weighted by Crippen LogP contribution is 2.09. The Labute approximate surface area is 83.2 Å². The summed E-state index contributed by atoms with van der Waals surface area (Å²) < 4.78 is 4.95. The van der Waals surface area contributed by atoms with Gasteiger partial charge < -0.3 is 10.1 Å². The smallest absolute Gasteiger partial charge is 0.203 e. The Morgan fingerprint density at radius 1 is 1.50 bits per heavy atom. The quantitative estimate of drug-likeness (QED) is 0.569. The van der Waals surface area contributed by atoms with Gasteiger partial charge >= 0.3 is 0 Å². The molecule has 0 aromatic heterocycles. The number of methoxy groups -OCH3 is 1. The Morgan fingerprint density at radius 2 is 2.21 bits per heavy atom. The van der Waals surface area contributed by atoms with Crippen molar-refractivity contribution in [2.45, 2.75) is 6.42 Å². The van der Waals surface area contributed by atoms with Gasteiger partial charge in [0.1, 0.15) is 0 Å². The summed E-state index contributed by atoms with van der Waals surface area (Å²) in [5.41, 5.74) is 1.53. The van der Waals surface area contributed by atoms with Crippen LogP contribution in [0.3, 0.4) is 0 Å². The van der Waals surface area contributed by atoms with E-state index in [9.17, 15) is 4.79 Å². The molecule has 0 aliphatic carbocycles. The van der Waals surface area contributed by atoms with Gasteiger partial charge in [-0.1, -0.05) is 24.3 Å². The molecule has 3 nitrogen and oxygen atoms in total. The van der Waals surface area contributed by atoms with Crippen molar-refractivity contribution in [3.8, 4) is 0 Å². The molecule has 3 heteroatoms. The van der Waals surface area contributed by atoms with Crippen LogP contribution in [0.15, 0.2) is 24.3 Å². The molecule has 0 aliphatic rings. The van der Waals surface area contributed by atoms with Gasteiger partial charge in [-0.15, -0.1) is 0 Å². The molecule has 1 aromatic carbocycles. The molecule has 0 amide bonds. The van der Waals surface area contributed by atoms with Gasteiger partial charge in [-0.2, -0.15) is 0 Å². The summed E-state index contributed by atoms with van der Waals surface area (Å²) in [4.78, 5) is 11.3. The zero-order valence-corrected chi connectivity index (χ0v) is 8.12. The minimum absolute atomic E-state index is 0.253. The van der Waals surface area contributed by atoms with Gasteiger partial charge in [0.2, 0.25) is 5.78 Å².